The van der Waals surface area contributed by atoms with Crippen LogP contribution in [0.2, 0.25) is 0 Å². The van der Waals surface area contributed by atoms with E-state index in [-0.39, 0.29) is 11.2 Å². The lowest BCUT2D eigenvalue weighted by Gasteiger charge is -2.07. The molecule has 1 amide bonds. The van der Waals surface area contributed by atoms with Crippen molar-refractivity contribution in [1.29, 1.82) is 0 Å². The topological polar surface area (TPSA) is 67.8 Å². The van der Waals surface area contributed by atoms with E-state index in [1.54, 1.807) is 11.3 Å². The van der Waals surface area contributed by atoms with Crippen molar-refractivity contribution in [2.75, 3.05) is 5.32 Å². The summed E-state index contributed by atoms with van der Waals surface area (Å²) in [5.74, 6) is -0.0805. The van der Waals surface area contributed by atoms with E-state index in [0.29, 0.717) is 5.13 Å². The van der Waals surface area contributed by atoms with Gasteiger partial charge in [-0.2, -0.15) is 0 Å². The van der Waals surface area contributed by atoms with Gasteiger partial charge >= 0.3 is 0 Å². The number of nitrogens with one attached hydrogen (secondary N) is 1. The van der Waals surface area contributed by atoms with Crippen LogP contribution in [0.3, 0.4) is 0 Å². The molecular weight excluding hydrogens is 336 g/mol. The van der Waals surface area contributed by atoms with Crippen LogP contribution in [-0.2, 0) is 11.2 Å². The van der Waals surface area contributed by atoms with Gasteiger partial charge in [0.1, 0.15) is 5.01 Å². The Balaban J connectivity index is 1.65. The second-order valence-electron chi connectivity index (χ2n) is 4.55. The lowest BCUT2D eigenvalue weighted by Crippen LogP contribution is -2.22. The molecule has 0 unspecified atom stereocenters. The molecule has 22 heavy (non-hydrogen) atoms. The van der Waals surface area contributed by atoms with E-state index < -0.39 is 0 Å². The Morgan fingerprint density at radius 2 is 2.14 bits per heavy atom. The number of hydrogen-bond donors (Lipinski definition) is 1. The van der Waals surface area contributed by atoms with Crippen LogP contribution in [0.1, 0.15) is 18.9 Å². The van der Waals surface area contributed by atoms with Crippen molar-refractivity contribution in [3.05, 3.63) is 29.3 Å². The zero-order chi connectivity index (χ0) is 15.5. The average Bonchev–Trinajstić information content (AvgIpc) is 3.12. The van der Waals surface area contributed by atoms with Crippen LogP contribution in [-0.4, -0.2) is 26.3 Å². The van der Waals surface area contributed by atoms with E-state index in [1.165, 1.54) is 23.1 Å². The van der Waals surface area contributed by atoms with Gasteiger partial charge in [-0.05, 0) is 25.5 Å². The molecule has 114 valence electrons. The van der Waals surface area contributed by atoms with Gasteiger partial charge in [0.2, 0.25) is 11.0 Å². The van der Waals surface area contributed by atoms with Crippen molar-refractivity contribution in [3.8, 4) is 0 Å². The number of thiazole rings is 1. The quantitative estimate of drug-likeness (QED) is 0.708. The highest BCUT2D eigenvalue weighted by molar-refractivity contribution is 8.02. The number of thioether (sulfide) groups is 1. The summed E-state index contributed by atoms with van der Waals surface area (Å²) in [5, 5.41) is 12.0. The molecule has 3 aromatic rings. The third-order valence-corrected chi connectivity index (χ3v) is 6.13. The van der Waals surface area contributed by atoms with Gasteiger partial charge in [0.25, 0.3) is 0 Å². The van der Waals surface area contributed by atoms with Crippen molar-refractivity contribution < 1.29 is 4.79 Å². The number of nitrogens with zero attached hydrogens (tertiary/aromatic N) is 3. The van der Waals surface area contributed by atoms with Crippen LogP contribution in [0.4, 0.5) is 5.13 Å². The van der Waals surface area contributed by atoms with Crippen LogP contribution in [0, 0.1) is 0 Å². The monoisotopic (exact) mass is 350 g/mol. The van der Waals surface area contributed by atoms with Crippen molar-refractivity contribution in [3.63, 3.8) is 0 Å². The van der Waals surface area contributed by atoms with Gasteiger partial charge in [-0.1, -0.05) is 42.2 Å². The van der Waals surface area contributed by atoms with E-state index in [9.17, 15) is 4.79 Å². The number of para-hydroxylation sites is 1. The lowest BCUT2D eigenvalue weighted by atomic mass is 10.3. The molecule has 0 radical (unpaired) electrons. The molecule has 0 bridgehead atoms. The number of anilines is 1. The summed E-state index contributed by atoms with van der Waals surface area (Å²) in [6.07, 6.45) is 0.823. The van der Waals surface area contributed by atoms with Gasteiger partial charge in [0.05, 0.1) is 15.5 Å². The summed E-state index contributed by atoms with van der Waals surface area (Å²) in [7, 11) is 0. The standard InChI is InChI=1S/C14H14N4OS3/c1-3-11-17-18-13(22-11)16-12(19)8(2)20-14-15-9-6-4-5-7-10(9)21-14/h4-8H,3H2,1-2H3,(H,16,18,19)/t8-/m1/s1. The molecule has 0 saturated carbocycles. The number of benzene rings is 1. The van der Waals surface area contributed by atoms with E-state index in [2.05, 4.69) is 20.5 Å². The molecule has 0 aliphatic rings. The zero-order valence-corrected chi connectivity index (χ0v) is 14.5. The fourth-order valence-electron chi connectivity index (χ4n) is 1.76. The van der Waals surface area contributed by atoms with Gasteiger partial charge in [-0.15, -0.1) is 21.5 Å². The predicted molar refractivity (Wildman–Crippen MR) is 92.9 cm³/mol. The minimum atomic E-state index is -0.241. The van der Waals surface area contributed by atoms with E-state index >= 15 is 0 Å². The number of amides is 1. The van der Waals surface area contributed by atoms with Gasteiger partial charge in [0, 0.05) is 0 Å². The first-order chi connectivity index (χ1) is 10.7. The molecule has 1 aromatic carbocycles. The number of hydrogen-bond acceptors (Lipinski definition) is 7. The molecule has 0 saturated heterocycles. The van der Waals surface area contributed by atoms with Gasteiger partial charge in [-0.3, -0.25) is 10.1 Å². The highest BCUT2D eigenvalue weighted by atomic mass is 32.2. The normalized spacial score (nSPS) is 12.5. The molecular formula is C14H14N4OS3. The summed E-state index contributed by atoms with van der Waals surface area (Å²) in [4.78, 5) is 16.7. The van der Waals surface area contributed by atoms with Crippen molar-refractivity contribution in [2.45, 2.75) is 29.9 Å². The number of carbonyl (C=O) groups excluding carboxylic acids is 1. The first-order valence-electron chi connectivity index (χ1n) is 6.81. The summed E-state index contributed by atoms with van der Waals surface area (Å²) in [6.45, 7) is 3.88. The predicted octanol–water partition coefficient (Wildman–Crippen LogP) is 3.83. The van der Waals surface area contributed by atoms with Gasteiger partial charge in [-0.25, -0.2) is 4.98 Å². The second-order valence-corrected chi connectivity index (χ2v) is 8.23. The Labute approximate surface area is 140 Å². The van der Waals surface area contributed by atoms with E-state index in [1.807, 2.05) is 38.1 Å². The SMILES string of the molecule is CCc1nnc(NC(=O)[C@@H](C)Sc2nc3ccccc3s2)s1. The molecule has 5 nitrogen and oxygen atoms in total. The van der Waals surface area contributed by atoms with Crippen molar-refractivity contribution >= 4 is 55.7 Å². The number of rotatable bonds is 5. The number of fused-ring (bicyclic) bond motifs is 1. The fraction of sp³-hybridized carbons (Fsp3) is 0.286. The number of aromatic nitrogens is 3. The van der Waals surface area contributed by atoms with Crippen LogP contribution in [0.15, 0.2) is 28.6 Å². The maximum Gasteiger partial charge on any atom is 0.239 e. The van der Waals surface area contributed by atoms with Crippen LogP contribution in [0.5, 0.6) is 0 Å². The fourth-order valence-corrected chi connectivity index (χ4v) is 4.65. The summed E-state index contributed by atoms with van der Waals surface area (Å²) in [6, 6.07) is 7.97. The lowest BCUT2D eigenvalue weighted by molar-refractivity contribution is -0.115. The molecule has 0 spiro atoms. The highest BCUT2D eigenvalue weighted by Gasteiger charge is 2.18. The van der Waals surface area contributed by atoms with Crippen LogP contribution >= 0.6 is 34.4 Å². The molecule has 3 rings (SSSR count). The van der Waals surface area contributed by atoms with Gasteiger partial charge < -0.3 is 0 Å². The maximum atomic E-state index is 12.2. The Kier molecular flexibility index (Phi) is 4.70. The molecule has 1 atom stereocenters. The third kappa shape index (κ3) is 3.45. The molecule has 2 heterocycles. The first-order valence-corrected chi connectivity index (χ1v) is 9.32. The second kappa shape index (κ2) is 6.72. The number of aryl methyl sites for hydroxylation is 1. The summed E-state index contributed by atoms with van der Waals surface area (Å²) < 4.78 is 2.03. The summed E-state index contributed by atoms with van der Waals surface area (Å²) in [5.41, 5.74) is 0.972. The average molecular weight is 350 g/mol. The minimum Gasteiger partial charge on any atom is -0.300 e. The largest absolute Gasteiger partial charge is 0.300 e. The smallest absolute Gasteiger partial charge is 0.239 e. The van der Waals surface area contributed by atoms with E-state index in [4.69, 9.17) is 0 Å². The number of carbonyl (C=O) groups is 1. The van der Waals surface area contributed by atoms with Crippen LogP contribution < -0.4 is 5.32 Å². The van der Waals surface area contributed by atoms with Crippen LogP contribution in [0.25, 0.3) is 10.2 Å². The Bertz CT molecular complexity index is 765. The zero-order valence-electron chi connectivity index (χ0n) is 12.1. The third-order valence-electron chi connectivity index (χ3n) is 2.92. The Morgan fingerprint density at radius 1 is 1.32 bits per heavy atom. The molecule has 0 aliphatic carbocycles. The molecule has 8 heteroatoms. The van der Waals surface area contributed by atoms with E-state index in [0.717, 1.165) is 26.0 Å². The Morgan fingerprint density at radius 3 is 2.86 bits per heavy atom. The van der Waals surface area contributed by atoms with Crippen molar-refractivity contribution in [2.24, 2.45) is 0 Å². The minimum absolute atomic E-state index is 0.0805. The van der Waals surface area contributed by atoms with Gasteiger partial charge in [0.15, 0.2) is 4.34 Å². The Hall–Kier alpha value is -1.51. The summed E-state index contributed by atoms with van der Waals surface area (Å²) >= 11 is 4.48. The molecule has 0 fully saturated rings. The molecule has 0 aliphatic heterocycles. The first kappa shape index (κ1) is 15.4. The molecule has 2 aromatic heterocycles. The molecule has 1 N–H and O–H groups in total. The highest BCUT2D eigenvalue weighted by Crippen LogP contribution is 2.32. The van der Waals surface area contributed by atoms with Crippen molar-refractivity contribution in [1.82, 2.24) is 15.2 Å². The maximum absolute atomic E-state index is 12.2.